The molecule has 0 spiro atoms. The van der Waals surface area contributed by atoms with E-state index in [4.69, 9.17) is 4.74 Å². The van der Waals surface area contributed by atoms with Crippen LogP contribution >= 0.6 is 0 Å². The average molecular weight is 462 g/mol. The van der Waals surface area contributed by atoms with Gasteiger partial charge < -0.3 is 20.3 Å². The van der Waals surface area contributed by atoms with E-state index in [1.165, 1.54) is 0 Å². The predicted molar refractivity (Wildman–Crippen MR) is 132 cm³/mol. The van der Waals surface area contributed by atoms with Crippen molar-refractivity contribution in [3.63, 3.8) is 0 Å². The van der Waals surface area contributed by atoms with Gasteiger partial charge in [-0.25, -0.2) is 4.79 Å². The molecule has 7 heteroatoms. The topological polar surface area (TPSA) is 87.7 Å². The third kappa shape index (κ3) is 9.06. The van der Waals surface area contributed by atoms with Crippen molar-refractivity contribution in [1.82, 2.24) is 15.5 Å². The Morgan fingerprint density at radius 3 is 2.12 bits per heavy atom. The maximum absolute atomic E-state index is 13.9. The van der Waals surface area contributed by atoms with E-state index in [1.807, 2.05) is 58.0 Å². The summed E-state index contributed by atoms with van der Waals surface area (Å²) in [6.07, 6.45) is 1.83. The molecule has 3 amide bonds. The number of ether oxygens (including phenoxy) is 1. The summed E-state index contributed by atoms with van der Waals surface area (Å²) in [5.74, 6) is -0.719. The number of carbonyl (C=O) groups is 3. The van der Waals surface area contributed by atoms with E-state index in [0.717, 1.165) is 18.4 Å². The summed E-state index contributed by atoms with van der Waals surface area (Å²) >= 11 is 0. The van der Waals surface area contributed by atoms with Gasteiger partial charge in [-0.05, 0) is 52.0 Å². The van der Waals surface area contributed by atoms with Crippen molar-refractivity contribution in [2.24, 2.45) is 5.92 Å². The molecule has 1 aromatic carbocycles. The number of nitrogens with one attached hydrogen (secondary N) is 2. The Balaban J connectivity index is 3.38. The van der Waals surface area contributed by atoms with Crippen molar-refractivity contribution in [3.05, 3.63) is 35.9 Å². The molecule has 0 radical (unpaired) electrons. The van der Waals surface area contributed by atoms with Crippen LogP contribution in [0.5, 0.6) is 0 Å². The van der Waals surface area contributed by atoms with Crippen LogP contribution in [-0.4, -0.2) is 47.0 Å². The molecule has 186 valence electrons. The van der Waals surface area contributed by atoms with Gasteiger partial charge in [-0.1, -0.05) is 64.4 Å². The Bertz CT molecular complexity index is 759. The molecular formula is C26H43N3O4. The van der Waals surface area contributed by atoms with Gasteiger partial charge in [0.15, 0.2) is 0 Å². The second-order valence-corrected chi connectivity index (χ2v) is 9.83. The van der Waals surface area contributed by atoms with E-state index in [-0.39, 0.29) is 23.8 Å². The van der Waals surface area contributed by atoms with Gasteiger partial charge in [0.2, 0.25) is 11.8 Å². The highest BCUT2D eigenvalue weighted by Gasteiger charge is 2.39. The minimum atomic E-state index is -0.830. The van der Waals surface area contributed by atoms with Crippen molar-refractivity contribution in [3.8, 4) is 0 Å². The Morgan fingerprint density at radius 1 is 1.03 bits per heavy atom. The zero-order chi connectivity index (χ0) is 25.2. The summed E-state index contributed by atoms with van der Waals surface area (Å²) in [5.41, 5.74) is 0.0523. The van der Waals surface area contributed by atoms with Crippen LogP contribution in [-0.2, 0) is 14.3 Å². The van der Waals surface area contributed by atoms with E-state index in [1.54, 1.807) is 25.7 Å². The molecule has 1 rings (SSSR count). The summed E-state index contributed by atoms with van der Waals surface area (Å²) in [5, 5.41) is 5.74. The van der Waals surface area contributed by atoms with Gasteiger partial charge in [0.1, 0.15) is 17.7 Å². The molecule has 0 saturated heterocycles. The van der Waals surface area contributed by atoms with Crippen LogP contribution in [0.15, 0.2) is 30.3 Å². The standard InChI is InChI=1S/C26H43N3O4/c1-9-11-17-27-23(30)22(20-15-13-12-14-16-20)29(19(5)10-2)24(31)21(18(3)4)28-25(32)33-26(6,7)8/h12-16,18-19,21-22H,9-11,17H2,1-8H3,(H,27,30)(H,28,32). The van der Waals surface area contributed by atoms with Gasteiger partial charge in [-0.3, -0.25) is 9.59 Å². The zero-order valence-corrected chi connectivity index (χ0v) is 21.6. The number of rotatable bonds is 11. The zero-order valence-electron chi connectivity index (χ0n) is 21.6. The van der Waals surface area contributed by atoms with Gasteiger partial charge in [0, 0.05) is 12.6 Å². The first-order valence-corrected chi connectivity index (χ1v) is 12.1. The monoisotopic (exact) mass is 461 g/mol. The van der Waals surface area contributed by atoms with E-state index >= 15 is 0 Å². The summed E-state index contributed by atoms with van der Waals surface area (Å²) in [6, 6.07) is 7.47. The molecule has 0 aromatic heterocycles. The lowest BCUT2D eigenvalue weighted by molar-refractivity contribution is -0.146. The Labute approximate surface area is 199 Å². The molecule has 0 bridgehead atoms. The first kappa shape index (κ1) is 28.5. The van der Waals surface area contributed by atoms with Gasteiger partial charge in [0.05, 0.1) is 0 Å². The van der Waals surface area contributed by atoms with Gasteiger partial charge in [0.25, 0.3) is 0 Å². The Kier molecular flexibility index (Phi) is 11.4. The average Bonchev–Trinajstić information content (AvgIpc) is 2.74. The number of carbonyl (C=O) groups excluding carboxylic acids is 3. The molecule has 3 atom stereocenters. The van der Waals surface area contributed by atoms with E-state index in [2.05, 4.69) is 17.6 Å². The SMILES string of the molecule is CCCCNC(=O)C(c1ccccc1)N(C(=O)C(NC(=O)OC(C)(C)C)C(C)C)C(C)CC. The number of hydrogen-bond acceptors (Lipinski definition) is 4. The fraction of sp³-hybridized carbons (Fsp3) is 0.654. The van der Waals surface area contributed by atoms with Gasteiger partial charge >= 0.3 is 6.09 Å². The van der Waals surface area contributed by atoms with Crippen LogP contribution in [0.2, 0.25) is 0 Å². The molecule has 7 nitrogen and oxygen atoms in total. The second-order valence-electron chi connectivity index (χ2n) is 9.83. The molecule has 2 N–H and O–H groups in total. The van der Waals surface area contributed by atoms with Gasteiger partial charge in [-0.2, -0.15) is 0 Å². The summed E-state index contributed by atoms with van der Waals surface area (Å²) < 4.78 is 5.39. The number of unbranched alkanes of at least 4 members (excludes halogenated alkanes) is 1. The largest absolute Gasteiger partial charge is 0.444 e. The molecular weight excluding hydrogens is 418 g/mol. The van der Waals surface area contributed by atoms with Crippen molar-refractivity contribution in [2.45, 2.75) is 98.4 Å². The molecule has 3 unspecified atom stereocenters. The summed E-state index contributed by atoms with van der Waals surface area (Å²) in [7, 11) is 0. The Hall–Kier alpha value is -2.57. The maximum Gasteiger partial charge on any atom is 0.408 e. The number of alkyl carbamates (subject to hydrolysis) is 1. The fourth-order valence-corrected chi connectivity index (χ4v) is 3.46. The lowest BCUT2D eigenvalue weighted by atomic mass is 9.96. The molecule has 33 heavy (non-hydrogen) atoms. The van der Waals surface area contributed by atoms with Crippen molar-refractivity contribution < 1.29 is 19.1 Å². The van der Waals surface area contributed by atoms with Crippen LogP contribution < -0.4 is 10.6 Å². The highest BCUT2D eigenvalue weighted by molar-refractivity contribution is 5.92. The van der Waals surface area contributed by atoms with Crippen LogP contribution in [0.3, 0.4) is 0 Å². The number of hydrogen-bond donors (Lipinski definition) is 2. The van der Waals surface area contributed by atoms with Crippen LogP contribution in [0.25, 0.3) is 0 Å². The molecule has 0 saturated carbocycles. The highest BCUT2D eigenvalue weighted by atomic mass is 16.6. The first-order valence-electron chi connectivity index (χ1n) is 12.1. The number of benzene rings is 1. The fourth-order valence-electron chi connectivity index (χ4n) is 3.46. The van der Waals surface area contributed by atoms with Crippen LogP contribution in [0, 0.1) is 5.92 Å². The van der Waals surface area contributed by atoms with E-state index in [0.29, 0.717) is 13.0 Å². The number of nitrogens with zero attached hydrogens (tertiary/aromatic N) is 1. The number of amides is 3. The lowest BCUT2D eigenvalue weighted by Gasteiger charge is -2.39. The maximum atomic E-state index is 13.9. The summed E-state index contributed by atoms with van der Waals surface area (Å²) in [4.78, 5) is 41.4. The second kappa shape index (κ2) is 13.2. The van der Waals surface area contributed by atoms with Crippen molar-refractivity contribution >= 4 is 17.9 Å². The van der Waals surface area contributed by atoms with E-state index in [9.17, 15) is 14.4 Å². The minimum absolute atomic E-state index is 0.198. The minimum Gasteiger partial charge on any atom is -0.444 e. The Morgan fingerprint density at radius 2 is 1.64 bits per heavy atom. The molecule has 0 aliphatic rings. The summed E-state index contributed by atoms with van der Waals surface area (Å²) in [6.45, 7) is 15.6. The quantitative estimate of drug-likeness (QED) is 0.463. The predicted octanol–water partition coefficient (Wildman–Crippen LogP) is 4.82. The third-order valence-corrected chi connectivity index (χ3v) is 5.40. The lowest BCUT2D eigenvalue weighted by Crippen LogP contribution is -2.57. The molecule has 0 aliphatic carbocycles. The third-order valence-electron chi connectivity index (χ3n) is 5.40. The highest BCUT2D eigenvalue weighted by Crippen LogP contribution is 2.27. The van der Waals surface area contributed by atoms with Gasteiger partial charge in [-0.15, -0.1) is 0 Å². The normalized spacial score (nSPS) is 14.2. The first-order chi connectivity index (χ1) is 15.4. The van der Waals surface area contributed by atoms with E-state index < -0.39 is 23.8 Å². The van der Waals surface area contributed by atoms with Crippen molar-refractivity contribution in [2.75, 3.05) is 6.54 Å². The van der Waals surface area contributed by atoms with Crippen LogP contribution in [0.1, 0.15) is 86.3 Å². The molecule has 0 heterocycles. The van der Waals surface area contributed by atoms with Crippen LogP contribution in [0.4, 0.5) is 4.79 Å². The molecule has 0 aliphatic heterocycles. The van der Waals surface area contributed by atoms with Crippen molar-refractivity contribution in [1.29, 1.82) is 0 Å². The molecule has 1 aromatic rings. The smallest absolute Gasteiger partial charge is 0.408 e. The molecule has 0 fully saturated rings.